The van der Waals surface area contributed by atoms with Gasteiger partial charge in [0.2, 0.25) is 0 Å². The minimum absolute atomic E-state index is 0.00875. The fourth-order valence-corrected chi connectivity index (χ4v) is 2.25. The van der Waals surface area contributed by atoms with Crippen LogP contribution in [-0.2, 0) is 4.74 Å². The Bertz CT molecular complexity index is 165. The highest BCUT2D eigenvalue weighted by atomic mass is 32.2. The summed E-state index contributed by atoms with van der Waals surface area (Å²) in [6, 6.07) is 0. The smallest absolute Gasteiger partial charge is 0.118 e. The number of rotatable bonds is 1. The molecule has 0 aromatic rings. The van der Waals surface area contributed by atoms with Crippen LogP contribution < -0.4 is 0 Å². The van der Waals surface area contributed by atoms with Gasteiger partial charge in [-0.3, -0.25) is 0 Å². The average molecular weight is 178 g/mol. The molecule has 11 heavy (non-hydrogen) atoms. The topological polar surface area (TPSA) is 69.9 Å². The number of aliphatic hydroxyl groups is 3. The molecule has 0 bridgehead atoms. The minimum Gasteiger partial charge on any atom is -0.394 e. The second-order valence-corrected chi connectivity index (χ2v) is 4.09. The molecule has 2 saturated heterocycles. The van der Waals surface area contributed by atoms with Gasteiger partial charge in [0.25, 0.3) is 0 Å². The number of thioether (sulfide) groups is 1. The fourth-order valence-electron chi connectivity index (χ4n) is 1.28. The summed E-state index contributed by atoms with van der Waals surface area (Å²) in [5.74, 6) is 0. The van der Waals surface area contributed by atoms with Crippen molar-refractivity contribution in [2.45, 2.75) is 29.0 Å². The van der Waals surface area contributed by atoms with Crippen molar-refractivity contribution in [3.63, 3.8) is 0 Å². The van der Waals surface area contributed by atoms with Crippen molar-refractivity contribution in [2.24, 2.45) is 0 Å². The lowest BCUT2D eigenvalue weighted by Crippen LogP contribution is -2.48. The van der Waals surface area contributed by atoms with E-state index in [1.807, 2.05) is 0 Å². The predicted octanol–water partition coefficient (Wildman–Crippen LogP) is -1.46. The van der Waals surface area contributed by atoms with Gasteiger partial charge < -0.3 is 20.1 Å². The molecule has 0 unspecified atom stereocenters. The summed E-state index contributed by atoms with van der Waals surface area (Å²) in [5, 5.41) is 27.3. The molecule has 0 aliphatic carbocycles. The molecule has 4 nitrogen and oxygen atoms in total. The Labute approximate surface area is 68.2 Å². The number of fused-ring (bicyclic) bond motifs is 1. The zero-order valence-corrected chi connectivity index (χ0v) is 6.57. The van der Waals surface area contributed by atoms with Crippen LogP contribution in [0.2, 0.25) is 0 Å². The van der Waals surface area contributed by atoms with Crippen molar-refractivity contribution in [3.05, 3.63) is 0 Å². The van der Waals surface area contributed by atoms with Crippen LogP contribution in [-0.4, -0.2) is 50.9 Å². The Hall–Kier alpha value is 0.190. The van der Waals surface area contributed by atoms with Crippen molar-refractivity contribution in [1.29, 1.82) is 0 Å². The highest BCUT2D eigenvalue weighted by Crippen LogP contribution is 2.49. The lowest BCUT2D eigenvalue weighted by molar-refractivity contribution is -0.140. The second kappa shape index (κ2) is 2.60. The van der Waals surface area contributed by atoms with Crippen LogP contribution >= 0.6 is 11.8 Å². The van der Waals surface area contributed by atoms with Gasteiger partial charge in [0.15, 0.2) is 0 Å². The highest BCUT2D eigenvalue weighted by Gasteiger charge is 2.54. The third-order valence-electron chi connectivity index (χ3n) is 2.04. The van der Waals surface area contributed by atoms with E-state index in [1.165, 1.54) is 11.8 Å². The molecule has 2 heterocycles. The van der Waals surface area contributed by atoms with Crippen LogP contribution in [0.5, 0.6) is 0 Å². The van der Waals surface area contributed by atoms with Gasteiger partial charge >= 0.3 is 0 Å². The first kappa shape index (κ1) is 7.82. The van der Waals surface area contributed by atoms with Crippen LogP contribution in [0.15, 0.2) is 0 Å². The first-order valence-electron chi connectivity index (χ1n) is 3.52. The largest absolute Gasteiger partial charge is 0.394 e. The Balaban J connectivity index is 2.03. The van der Waals surface area contributed by atoms with E-state index in [2.05, 4.69) is 0 Å². The maximum Gasteiger partial charge on any atom is 0.118 e. The normalized spacial score (nSPS) is 55.4. The van der Waals surface area contributed by atoms with Crippen molar-refractivity contribution in [3.8, 4) is 0 Å². The molecule has 64 valence electrons. The maximum atomic E-state index is 9.33. The van der Waals surface area contributed by atoms with E-state index >= 15 is 0 Å². The van der Waals surface area contributed by atoms with Gasteiger partial charge in [0, 0.05) is 0 Å². The first-order valence-corrected chi connectivity index (χ1v) is 4.46. The Morgan fingerprint density at radius 1 is 1.27 bits per heavy atom. The highest BCUT2D eigenvalue weighted by molar-refractivity contribution is 8.07. The molecule has 3 N–H and O–H groups in total. The van der Waals surface area contributed by atoms with Crippen molar-refractivity contribution < 1.29 is 20.1 Å². The number of hydrogen-bond acceptors (Lipinski definition) is 5. The van der Waals surface area contributed by atoms with Gasteiger partial charge in [0.05, 0.1) is 18.0 Å². The number of ether oxygens (including phenoxy) is 1. The summed E-state index contributed by atoms with van der Waals surface area (Å²) in [7, 11) is 0. The maximum absolute atomic E-state index is 9.33. The molecule has 5 heteroatoms. The van der Waals surface area contributed by atoms with E-state index in [9.17, 15) is 10.2 Å². The Morgan fingerprint density at radius 3 is 2.64 bits per heavy atom. The van der Waals surface area contributed by atoms with Crippen molar-refractivity contribution in [2.75, 3.05) is 6.61 Å². The SMILES string of the molecule is OC[C@H]1O[C@@H]2S[C@H]2[C@@H](O)[C@@H]1O. The molecule has 2 rings (SSSR count). The van der Waals surface area contributed by atoms with Crippen LogP contribution in [0.25, 0.3) is 0 Å². The number of aliphatic hydroxyl groups excluding tert-OH is 3. The van der Waals surface area contributed by atoms with E-state index in [-0.39, 0.29) is 17.3 Å². The lowest BCUT2D eigenvalue weighted by Gasteiger charge is -2.28. The molecule has 0 spiro atoms. The fraction of sp³-hybridized carbons (Fsp3) is 1.00. The molecular formula is C6H10O4S. The van der Waals surface area contributed by atoms with Gasteiger partial charge in [-0.2, -0.15) is 0 Å². The molecular weight excluding hydrogens is 168 g/mol. The van der Waals surface area contributed by atoms with Crippen LogP contribution in [0.3, 0.4) is 0 Å². The Kier molecular flexibility index (Phi) is 1.85. The van der Waals surface area contributed by atoms with Crippen molar-refractivity contribution in [1.82, 2.24) is 0 Å². The molecule has 2 aliphatic rings. The zero-order chi connectivity index (χ0) is 8.01. The van der Waals surface area contributed by atoms with Gasteiger partial charge in [-0.15, -0.1) is 11.8 Å². The first-order chi connectivity index (χ1) is 5.24. The van der Waals surface area contributed by atoms with E-state index in [0.717, 1.165) is 0 Å². The molecule has 0 radical (unpaired) electrons. The quantitative estimate of drug-likeness (QED) is 0.428. The predicted molar refractivity (Wildman–Crippen MR) is 39.1 cm³/mol. The summed E-state index contributed by atoms with van der Waals surface area (Å²) >= 11 is 1.49. The average Bonchev–Trinajstić information content (AvgIpc) is 2.75. The molecule has 2 aliphatic heterocycles. The molecule has 0 amide bonds. The summed E-state index contributed by atoms with van der Waals surface area (Å²) in [6.45, 7) is -0.234. The molecule has 0 saturated carbocycles. The molecule has 0 aromatic carbocycles. The van der Waals surface area contributed by atoms with Crippen LogP contribution in [0.4, 0.5) is 0 Å². The summed E-state index contributed by atoms with van der Waals surface area (Å²) in [4.78, 5) is 0. The third kappa shape index (κ3) is 1.17. The van der Waals surface area contributed by atoms with E-state index in [4.69, 9.17) is 9.84 Å². The van der Waals surface area contributed by atoms with Gasteiger partial charge in [0.1, 0.15) is 17.6 Å². The molecule has 5 atom stereocenters. The number of hydrogen-bond donors (Lipinski definition) is 3. The second-order valence-electron chi connectivity index (χ2n) is 2.81. The van der Waals surface area contributed by atoms with E-state index < -0.39 is 18.3 Å². The lowest BCUT2D eigenvalue weighted by atomic mass is 10.0. The Morgan fingerprint density at radius 2 is 2.00 bits per heavy atom. The summed E-state index contributed by atoms with van der Waals surface area (Å²) in [5.41, 5.74) is -0.00875. The van der Waals surface area contributed by atoms with Crippen molar-refractivity contribution >= 4 is 11.8 Å². The van der Waals surface area contributed by atoms with E-state index in [1.54, 1.807) is 0 Å². The molecule has 0 aromatic heterocycles. The van der Waals surface area contributed by atoms with Crippen LogP contribution in [0.1, 0.15) is 0 Å². The molecule has 2 fully saturated rings. The zero-order valence-electron chi connectivity index (χ0n) is 5.75. The van der Waals surface area contributed by atoms with Gasteiger partial charge in [-0.05, 0) is 0 Å². The summed E-state index contributed by atoms with van der Waals surface area (Å²) in [6.07, 6.45) is -2.28. The van der Waals surface area contributed by atoms with Gasteiger partial charge in [-0.25, -0.2) is 0 Å². The van der Waals surface area contributed by atoms with Gasteiger partial charge in [-0.1, -0.05) is 0 Å². The standard InChI is InChI=1S/C6H10O4S/c7-1-2-3(8)4(9)5-6(10-2)11-5/h2-9H,1H2/t2-,3-,4+,5+,6-/m1/s1. The monoisotopic (exact) mass is 178 g/mol. The minimum atomic E-state index is -0.934. The third-order valence-corrected chi connectivity index (χ3v) is 3.24. The van der Waals surface area contributed by atoms with E-state index in [0.29, 0.717) is 0 Å². The summed E-state index contributed by atoms with van der Waals surface area (Å²) < 4.78 is 5.20. The van der Waals surface area contributed by atoms with Crippen LogP contribution in [0, 0.1) is 0 Å².